The lowest BCUT2D eigenvalue weighted by atomic mass is 10.6. The van der Waals surface area contributed by atoms with Crippen molar-refractivity contribution in [3.63, 3.8) is 0 Å². The standard InChI is InChI=1S/C9H12N6S/c1-3-10-8-11-5-4-7(13-8)16-9-14-12-6-15(9)2/h4-6H,3H2,1-2H3,(H,10,11,13). The molecule has 7 heteroatoms. The normalized spacial score (nSPS) is 10.4. The van der Waals surface area contributed by atoms with Gasteiger partial charge in [0.05, 0.1) is 0 Å². The van der Waals surface area contributed by atoms with Gasteiger partial charge in [0, 0.05) is 19.8 Å². The highest BCUT2D eigenvalue weighted by molar-refractivity contribution is 7.99. The van der Waals surface area contributed by atoms with Crippen LogP contribution in [0.3, 0.4) is 0 Å². The van der Waals surface area contributed by atoms with Crippen LogP contribution in [0.25, 0.3) is 0 Å². The van der Waals surface area contributed by atoms with Crippen molar-refractivity contribution in [2.24, 2.45) is 7.05 Å². The van der Waals surface area contributed by atoms with E-state index >= 15 is 0 Å². The molecule has 2 rings (SSSR count). The number of anilines is 1. The SMILES string of the molecule is CCNc1nccc(Sc2nncn2C)n1. The van der Waals surface area contributed by atoms with Crippen molar-refractivity contribution in [3.05, 3.63) is 18.6 Å². The summed E-state index contributed by atoms with van der Waals surface area (Å²) in [7, 11) is 1.90. The number of nitrogens with one attached hydrogen (secondary N) is 1. The van der Waals surface area contributed by atoms with Crippen LogP contribution in [0.4, 0.5) is 5.95 Å². The zero-order chi connectivity index (χ0) is 11.4. The molecule has 0 saturated carbocycles. The summed E-state index contributed by atoms with van der Waals surface area (Å²) >= 11 is 1.46. The van der Waals surface area contributed by atoms with Gasteiger partial charge in [0.15, 0.2) is 5.16 Å². The second-order valence-corrected chi connectivity index (χ2v) is 4.06. The molecule has 0 aliphatic rings. The summed E-state index contributed by atoms with van der Waals surface area (Å²) in [6.45, 7) is 2.81. The Balaban J connectivity index is 2.15. The average Bonchev–Trinajstić information content (AvgIpc) is 2.66. The first-order valence-corrected chi connectivity index (χ1v) is 5.70. The molecule has 6 nitrogen and oxygen atoms in total. The first kappa shape index (κ1) is 10.9. The molecule has 2 aromatic rings. The minimum Gasteiger partial charge on any atom is -0.354 e. The van der Waals surface area contributed by atoms with E-state index in [9.17, 15) is 0 Å². The van der Waals surface area contributed by atoms with Gasteiger partial charge in [-0.1, -0.05) is 0 Å². The second kappa shape index (κ2) is 4.93. The zero-order valence-corrected chi connectivity index (χ0v) is 9.90. The van der Waals surface area contributed by atoms with Gasteiger partial charge in [-0.05, 0) is 24.8 Å². The van der Waals surface area contributed by atoms with Crippen molar-refractivity contribution in [2.45, 2.75) is 17.1 Å². The van der Waals surface area contributed by atoms with Gasteiger partial charge < -0.3 is 9.88 Å². The van der Waals surface area contributed by atoms with Crippen LogP contribution >= 0.6 is 11.8 Å². The number of hydrogen-bond donors (Lipinski definition) is 1. The highest BCUT2D eigenvalue weighted by Crippen LogP contribution is 2.23. The molecule has 0 spiro atoms. The van der Waals surface area contributed by atoms with Gasteiger partial charge in [-0.2, -0.15) is 0 Å². The Morgan fingerprint density at radius 1 is 1.50 bits per heavy atom. The van der Waals surface area contributed by atoms with Gasteiger partial charge in [0.25, 0.3) is 0 Å². The van der Waals surface area contributed by atoms with Crippen LogP contribution in [-0.2, 0) is 7.05 Å². The highest BCUT2D eigenvalue weighted by Gasteiger charge is 2.05. The number of nitrogens with zero attached hydrogens (tertiary/aromatic N) is 5. The van der Waals surface area contributed by atoms with Crippen LogP contribution in [-0.4, -0.2) is 31.3 Å². The summed E-state index contributed by atoms with van der Waals surface area (Å²) < 4.78 is 1.85. The Morgan fingerprint density at radius 3 is 3.06 bits per heavy atom. The molecule has 16 heavy (non-hydrogen) atoms. The summed E-state index contributed by atoms with van der Waals surface area (Å²) in [6, 6.07) is 1.85. The van der Waals surface area contributed by atoms with E-state index in [4.69, 9.17) is 0 Å². The fourth-order valence-electron chi connectivity index (χ4n) is 1.10. The molecule has 0 saturated heterocycles. The summed E-state index contributed by atoms with van der Waals surface area (Å²) in [4.78, 5) is 8.44. The second-order valence-electron chi connectivity index (χ2n) is 3.08. The first-order valence-electron chi connectivity index (χ1n) is 4.88. The largest absolute Gasteiger partial charge is 0.354 e. The Morgan fingerprint density at radius 2 is 2.38 bits per heavy atom. The molecule has 84 valence electrons. The van der Waals surface area contributed by atoms with Gasteiger partial charge in [0.1, 0.15) is 11.4 Å². The Labute approximate surface area is 97.5 Å². The van der Waals surface area contributed by atoms with E-state index in [1.54, 1.807) is 12.5 Å². The molecule has 2 heterocycles. The third kappa shape index (κ3) is 2.48. The molecular formula is C9H12N6S. The van der Waals surface area contributed by atoms with Gasteiger partial charge in [-0.15, -0.1) is 10.2 Å². The van der Waals surface area contributed by atoms with Crippen LogP contribution in [0.1, 0.15) is 6.92 Å². The van der Waals surface area contributed by atoms with E-state index in [-0.39, 0.29) is 0 Å². The molecule has 0 aromatic carbocycles. The average molecular weight is 236 g/mol. The van der Waals surface area contributed by atoms with Gasteiger partial charge in [-0.25, -0.2) is 9.97 Å². The van der Waals surface area contributed by atoms with Crippen molar-refractivity contribution >= 4 is 17.7 Å². The Bertz CT molecular complexity index is 469. The van der Waals surface area contributed by atoms with E-state index < -0.39 is 0 Å². The lowest BCUT2D eigenvalue weighted by molar-refractivity contribution is 0.787. The molecule has 1 N–H and O–H groups in total. The van der Waals surface area contributed by atoms with Crippen molar-refractivity contribution < 1.29 is 0 Å². The third-order valence-corrected chi connectivity index (χ3v) is 2.82. The maximum atomic E-state index is 4.34. The minimum atomic E-state index is 0.634. The van der Waals surface area contributed by atoms with E-state index in [0.29, 0.717) is 5.95 Å². The molecule has 0 atom stereocenters. The lowest BCUT2D eigenvalue weighted by Crippen LogP contribution is -2.02. The van der Waals surface area contributed by atoms with Crippen LogP contribution < -0.4 is 5.32 Å². The van der Waals surface area contributed by atoms with Crippen molar-refractivity contribution in [1.82, 2.24) is 24.7 Å². The third-order valence-electron chi connectivity index (χ3n) is 1.83. The van der Waals surface area contributed by atoms with Gasteiger partial charge in [-0.3, -0.25) is 0 Å². The minimum absolute atomic E-state index is 0.634. The molecule has 0 fully saturated rings. The Hall–Kier alpha value is -1.63. The van der Waals surface area contributed by atoms with Gasteiger partial charge >= 0.3 is 0 Å². The zero-order valence-electron chi connectivity index (χ0n) is 9.08. The molecule has 0 amide bonds. The number of aryl methyl sites for hydroxylation is 1. The van der Waals surface area contributed by atoms with E-state index in [2.05, 4.69) is 25.5 Å². The maximum Gasteiger partial charge on any atom is 0.223 e. The molecular weight excluding hydrogens is 224 g/mol. The lowest BCUT2D eigenvalue weighted by Gasteiger charge is -2.03. The molecule has 0 aliphatic carbocycles. The molecule has 2 aromatic heterocycles. The van der Waals surface area contributed by atoms with Crippen molar-refractivity contribution in [2.75, 3.05) is 11.9 Å². The van der Waals surface area contributed by atoms with E-state index in [0.717, 1.165) is 16.7 Å². The molecule has 0 bridgehead atoms. The van der Waals surface area contributed by atoms with Crippen molar-refractivity contribution in [3.8, 4) is 0 Å². The van der Waals surface area contributed by atoms with Crippen LogP contribution in [0, 0.1) is 0 Å². The quantitative estimate of drug-likeness (QED) is 0.804. The predicted molar refractivity (Wildman–Crippen MR) is 61.3 cm³/mol. The van der Waals surface area contributed by atoms with Crippen molar-refractivity contribution in [1.29, 1.82) is 0 Å². The number of hydrogen-bond acceptors (Lipinski definition) is 6. The molecule has 0 aliphatic heterocycles. The summed E-state index contributed by atoms with van der Waals surface area (Å²) in [5, 5.41) is 12.5. The van der Waals surface area contributed by atoms with E-state index in [1.165, 1.54) is 11.8 Å². The Kier molecular flexibility index (Phi) is 3.35. The highest BCUT2D eigenvalue weighted by atomic mass is 32.2. The maximum absolute atomic E-state index is 4.34. The molecule has 0 unspecified atom stereocenters. The van der Waals surface area contributed by atoms with Crippen LogP contribution in [0.2, 0.25) is 0 Å². The number of aromatic nitrogens is 5. The van der Waals surface area contributed by atoms with Gasteiger partial charge in [0.2, 0.25) is 5.95 Å². The predicted octanol–water partition coefficient (Wildman–Crippen LogP) is 1.19. The fourth-order valence-corrected chi connectivity index (χ4v) is 1.83. The summed E-state index contributed by atoms with van der Waals surface area (Å²) in [6.07, 6.45) is 3.39. The van der Waals surface area contributed by atoms with E-state index in [1.807, 2.05) is 24.6 Å². The van der Waals surface area contributed by atoms with Crippen LogP contribution in [0.5, 0.6) is 0 Å². The summed E-state index contributed by atoms with van der Waals surface area (Å²) in [5.41, 5.74) is 0. The topological polar surface area (TPSA) is 68.5 Å². The monoisotopic (exact) mass is 236 g/mol. The summed E-state index contributed by atoms with van der Waals surface area (Å²) in [5.74, 6) is 0.634. The number of rotatable bonds is 4. The molecule has 0 radical (unpaired) electrons. The smallest absolute Gasteiger partial charge is 0.223 e. The fraction of sp³-hybridized carbons (Fsp3) is 0.333. The van der Waals surface area contributed by atoms with Crippen LogP contribution in [0.15, 0.2) is 28.8 Å². The first-order chi connectivity index (χ1) is 7.79.